The summed E-state index contributed by atoms with van der Waals surface area (Å²) in [4.78, 5) is 20.8. The predicted molar refractivity (Wildman–Crippen MR) is 70.3 cm³/mol. The average Bonchev–Trinajstić information content (AvgIpc) is 2.38. The maximum Gasteiger partial charge on any atom is 0.256 e. The number of amides is 1. The summed E-state index contributed by atoms with van der Waals surface area (Å²) in [6, 6.07) is 3.72. The fraction of sp³-hybridized carbons (Fsp3) is 0.538. The Morgan fingerprint density at radius 3 is 3.00 bits per heavy atom. The second-order valence-electron chi connectivity index (χ2n) is 4.79. The molecule has 1 fully saturated rings. The Balaban J connectivity index is 2.20. The summed E-state index contributed by atoms with van der Waals surface area (Å²) in [5.74, 6) is 0.0455. The molecule has 0 aliphatic carbocycles. The van der Waals surface area contributed by atoms with Gasteiger partial charge in [0.15, 0.2) is 0 Å². The minimum atomic E-state index is 0.0455. The molecule has 2 heterocycles. The lowest BCUT2D eigenvalue weighted by atomic mass is 10.1. The molecule has 1 aromatic heterocycles. The molecule has 5 heteroatoms. The number of nitrogens with zero attached hydrogens (tertiary/aromatic N) is 3. The van der Waals surface area contributed by atoms with Gasteiger partial charge in [-0.15, -0.1) is 0 Å². The van der Waals surface area contributed by atoms with E-state index in [1.807, 2.05) is 17.9 Å². The number of carbonyl (C=O) groups is 1. The van der Waals surface area contributed by atoms with Crippen LogP contribution in [0.4, 0.5) is 0 Å². The molecule has 0 spiro atoms. The van der Waals surface area contributed by atoms with Gasteiger partial charge in [0.2, 0.25) is 0 Å². The van der Waals surface area contributed by atoms with Gasteiger partial charge in [-0.05, 0) is 26.1 Å². The fourth-order valence-electron chi connectivity index (χ4n) is 2.34. The molecule has 0 aromatic carbocycles. The summed E-state index contributed by atoms with van der Waals surface area (Å²) in [6.07, 6.45) is 1.70. The number of aromatic nitrogens is 1. The van der Waals surface area contributed by atoms with E-state index in [1.165, 1.54) is 0 Å². The van der Waals surface area contributed by atoms with Crippen LogP contribution in [0.5, 0.6) is 0 Å². The normalized spacial score (nSPS) is 21.1. The zero-order valence-electron chi connectivity index (χ0n) is 11.0. The van der Waals surface area contributed by atoms with Crippen LogP contribution in [-0.4, -0.2) is 60.0 Å². The number of nitrogens with two attached hydrogens (primary N) is 1. The van der Waals surface area contributed by atoms with Crippen LogP contribution in [0, 0.1) is 6.92 Å². The lowest BCUT2D eigenvalue weighted by molar-refractivity contribution is 0.0515. The first-order chi connectivity index (χ1) is 8.63. The molecule has 1 unspecified atom stereocenters. The average molecular weight is 248 g/mol. The number of likely N-dealkylation sites (N-methyl/N-ethyl adjacent to an activating group) is 1. The van der Waals surface area contributed by atoms with Gasteiger partial charge in [-0.2, -0.15) is 0 Å². The molecule has 98 valence electrons. The van der Waals surface area contributed by atoms with E-state index in [0.717, 1.165) is 25.3 Å². The summed E-state index contributed by atoms with van der Waals surface area (Å²) in [7, 11) is 2.06. The van der Waals surface area contributed by atoms with E-state index < -0.39 is 0 Å². The summed E-state index contributed by atoms with van der Waals surface area (Å²) in [6.45, 7) is 4.81. The van der Waals surface area contributed by atoms with Crippen LogP contribution in [0.2, 0.25) is 0 Å². The molecule has 0 radical (unpaired) electrons. The van der Waals surface area contributed by atoms with Crippen molar-refractivity contribution in [2.24, 2.45) is 5.73 Å². The van der Waals surface area contributed by atoms with Crippen LogP contribution in [0.3, 0.4) is 0 Å². The summed E-state index contributed by atoms with van der Waals surface area (Å²) < 4.78 is 0. The smallest absolute Gasteiger partial charge is 0.256 e. The number of carbonyl (C=O) groups excluding carboxylic acids is 1. The van der Waals surface area contributed by atoms with Crippen molar-refractivity contribution in [3.8, 4) is 0 Å². The third-order valence-corrected chi connectivity index (χ3v) is 3.46. The van der Waals surface area contributed by atoms with Crippen molar-refractivity contribution in [3.63, 3.8) is 0 Å². The predicted octanol–water partition coefficient (Wildman–Crippen LogP) is 0.105. The molecular formula is C13H20N4O. The highest BCUT2D eigenvalue weighted by Gasteiger charge is 2.29. The van der Waals surface area contributed by atoms with Crippen LogP contribution >= 0.6 is 0 Å². The summed E-state index contributed by atoms with van der Waals surface area (Å²) >= 11 is 0. The number of hydrogen-bond donors (Lipinski definition) is 1. The number of rotatable bonds is 2. The van der Waals surface area contributed by atoms with Crippen molar-refractivity contribution >= 4 is 5.91 Å². The Kier molecular flexibility index (Phi) is 3.93. The Bertz CT molecular complexity index is 435. The zero-order chi connectivity index (χ0) is 13.1. The van der Waals surface area contributed by atoms with Crippen molar-refractivity contribution in [2.45, 2.75) is 13.0 Å². The van der Waals surface area contributed by atoms with E-state index in [1.54, 1.807) is 12.3 Å². The highest BCUT2D eigenvalue weighted by molar-refractivity contribution is 5.95. The van der Waals surface area contributed by atoms with Gasteiger partial charge in [0.05, 0.1) is 11.6 Å². The molecule has 1 atom stereocenters. The van der Waals surface area contributed by atoms with E-state index in [0.29, 0.717) is 12.1 Å². The number of hydrogen-bond acceptors (Lipinski definition) is 4. The van der Waals surface area contributed by atoms with Crippen molar-refractivity contribution in [2.75, 3.05) is 33.2 Å². The van der Waals surface area contributed by atoms with E-state index in [9.17, 15) is 4.79 Å². The molecular weight excluding hydrogens is 228 g/mol. The Labute approximate surface area is 108 Å². The van der Waals surface area contributed by atoms with Crippen molar-refractivity contribution in [1.82, 2.24) is 14.8 Å². The maximum absolute atomic E-state index is 12.5. The standard InChI is InChI=1S/C13H20N4O/c1-10-12(4-3-5-15-10)13(18)17-7-6-16(2)9-11(17)8-14/h3-5,11H,6-9,14H2,1-2H3. The molecule has 2 N–H and O–H groups in total. The van der Waals surface area contributed by atoms with Gasteiger partial charge in [-0.1, -0.05) is 0 Å². The Morgan fingerprint density at radius 1 is 1.56 bits per heavy atom. The van der Waals surface area contributed by atoms with E-state index >= 15 is 0 Å². The SMILES string of the molecule is Cc1ncccc1C(=O)N1CCN(C)CC1CN. The van der Waals surface area contributed by atoms with E-state index in [2.05, 4.69) is 16.9 Å². The van der Waals surface area contributed by atoms with Gasteiger partial charge in [0.25, 0.3) is 5.91 Å². The summed E-state index contributed by atoms with van der Waals surface area (Å²) in [5, 5.41) is 0. The van der Waals surface area contributed by atoms with Crippen molar-refractivity contribution < 1.29 is 4.79 Å². The minimum absolute atomic E-state index is 0.0455. The van der Waals surface area contributed by atoms with Gasteiger partial charge >= 0.3 is 0 Å². The molecule has 0 saturated carbocycles. The van der Waals surface area contributed by atoms with Crippen LogP contribution in [0.1, 0.15) is 16.1 Å². The largest absolute Gasteiger partial charge is 0.332 e. The van der Waals surface area contributed by atoms with Crippen LogP contribution in [-0.2, 0) is 0 Å². The van der Waals surface area contributed by atoms with Crippen molar-refractivity contribution in [3.05, 3.63) is 29.6 Å². The molecule has 2 rings (SSSR count). The quantitative estimate of drug-likeness (QED) is 0.806. The van der Waals surface area contributed by atoms with Gasteiger partial charge in [0.1, 0.15) is 0 Å². The van der Waals surface area contributed by atoms with Gasteiger partial charge < -0.3 is 15.5 Å². The molecule has 0 bridgehead atoms. The molecule has 18 heavy (non-hydrogen) atoms. The minimum Gasteiger partial charge on any atom is -0.332 e. The lowest BCUT2D eigenvalue weighted by Gasteiger charge is -2.39. The third kappa shape index (κ3) is 2.52. The molecule has 5 nitrogen and oxygen atoms in total. The molecule has 1 aromatic rings. The van der Waals surface area contributed by atoms with Gasteiger partial charge in [0, 0.05) is 38.1 Å². The molecule has 1 aliphatic heterocycles. The first-order valence-corrected chi connectivity index (χ1v) is 6.24. The zero-order valence-corrected chi connectivity index (χ0v) is 11.0. The van der Waals surface area contributed by atoms with Crippen LogP contribution < -0.4 is 5.73 Å². The lowest BCUT2D eigenvalue weighted by Crippen LogP contribution is -2.56. The van der Waals surface area contributed by atoms with Gasteiger partial charge in [-0.25, -0.2) is 0 Å². The van der Waals surface area contributed by atoms with Crippen LogP contribution in [0.15, 0.2) is 18.3 Å². The Morgan fingerprint density at radius 2 is 2.33 bits per heavy atom. The molecule has 1 saturated heterocycles. The van der Waals surface area contributed by atoms with E-state index in [4.69, 9.17) is 5.73 Å². The highest BCUT2D eigenvalue weighted by Crippen LogP contribution is 2.14. The number of piperazine rings is 1. The van der Waals surface area contributed by atoms with E-state index in [-0.39, 0.29) is 11.9 Å². The Hall–Kier alpha value is -1.46. The maximum atomic E-state index is 12.5. The number of aryl methyl sites for hydroxylation is 1. The first kappa shape index (κ1) is 13.0. The number of pyridine rings is 1. The monoisotopic (exact) mass is 248 g/mol. The first-order valence-electron chi connectivity index (χ1n) is 6.24. The second kappa shape index (κ2) is 5.46. The highest BCUT2D eigenvalue weighted by atomic mass is 16.2. The fourth-order valence-corrected chi connectivity index (χ4v) is 2.34. The second-order valence-corrected chi connectivity index (χ2v) is 4.79. The molecule has 1 amide bonds. The van der Waals surface area contributed by atoms with Crippen molar-refractivity contribution in [1.29, 1.82) is 0 Å². The van der Waals surface area contributed by atoms with Crippen LogP contribution in [0.25, 0.3) is 0 Å². The topological polar surface area (TPSA) is 62.5 Å². The third-order valence-electron chi connectivity index (χ3n) is 3.46. The molecule has 1 aliphatic rings. The summed E-state index contributed by atoms with van der Waals surface area (Å²) in [5.41, 5.74) is 7.23. The van der Waals surface area contributed by atoms with Gasteiger partial charge in [-0.3, -0.25) is 9.78 Å².